The molecule has 7 nitrogen and oxygen atoms in total. The molecule has 196 valence electrons. The minimum Gasteiger partial charge on any atom is -0.366 e. The van der Waals surface area contributed by atoms with Crippen LogP contribution >= 0.6 is 0 Å². The number of para-hydroxylation sites is 1. The van der Waals surface area contributed by atoms with Gasteiger partial charge in [0.15, 0.2) is 5.82 Å². The van der Waals surface area contributed by atoms with Crippen molar-refractivity contribution < 1.29 is 8.78 Å². The highest BCUT2D eigenvalue weighted by atomic mass is 19.1. The van der Waals surface area contributed by atoms with Gasteiger partial charge in [-0.25, -0.2) is 23.7 Å². The highest BCUT2D eigenvalue weighted by Gasteiger charge is 2.33. The number of pyridine rings is 2. The molecule has 0 spiro atoms. The Hall–Kier alpha value is -3.72. The second-order valence-corrected chi connectivity index (χ2v) is 10.9. The molecule has 38 heavy (non-hydrogen) atoms. The molecule has 0 radical (unpaired) electrons. The average Bonchev–Trinajstić information content (AvgIpc) is 2.86. The second-order valence-electron chi connectivity index (χ2n) is 10.9. The molecule has 1 saturated carbocycles. The third-order valence-electron chi connectivity index (χ3n) is 7.86. The topological polar surface area (TPSA) is 87.7 Å². The van der Waals surface area contributed by atoms with Gasteiger partial charge >= 0.3 is 0 Å². The van der Waals surface area contributed by atoms with Crippen molar-refractivity contribution in [3.8, 4) is 11.4 Å². The molecule has 3 N–H and O–H groups in total. The summed E-state index contributed by atoms with van der Waals surface area (Å²) in [5.74, 6) is 0.689. The lowest BCUT2D eigenvalue weighted by Gasteiger charge is -2.40. The van der Waals surface area contributed by atoms with Crippen molar-refractivity contribution in [3.63, 3.8) is 0 Å². The van der Waals surface area contributed by atoms with Crippen LogP contribution in [-0.4, -0.2) is 39.1 Å². The standard InChI is InChI=1S/C29H31F2N7/c1-29(2)16-32-11-10-23(29)36-28-25-19(17-5-3-6-17)14-33-15-22(25)35-27(38-28)18-9-12-34-24(13-18)37-26-20(30)7-4-8-21(26)31/h4,7-9,12-15,17,23,32H,3,5-6,10-11,16H2,1-2H3,(H,34,37)(H,35,36,38)/t23-/m0/s1. The van der Waals surface area contributed by atoms with Gasteiger partial charge in [0.2, 0.25) is 0 Å². The van der Waals surface area contributed by atoms with E-state index >= 15 is 0 Å². The summed E-state index contributed by atoms with van der Waals surface area (Å²) in [6.07, 6.45) is 9.83. The Labute approximate surface area is 220 Å². The van der Waals surface area contributed by atoms with E-state index in [0.29, 0.717) is 23.1 Å². The number of rotatable bonds is 6. The number of nitrogens with zero attached hydrogens (tertiary/aromatic N) is 4. The van der Waals surface area contributed by atoms with Crippen molar-refractivity contribution in [3.05, 3.63) is 66.1 Å². The van der Waals surface area contributed by atoms with Crippen molar-refractivity contribution in [1.82, 2.24) is 25.3 Å². The molecule has 4 heterocycles. The van der Waals surface area contributed by atoms with Crippen molar-refractivity contribution in [2.75, 3.05) is 23.7 Å². The number of hydrogen-bond donors (Lipinski definition) is 3. The number of piperidine rings is 1. The molecule has 0 bridgehead atoms. The number of halogens is 2. The van der Waals surface area contributed by atoms with Crippen LogP contribution in [0.15, 0.2) is 48.9 Å². The quantitative estimate of drug-likeness (QED) is 0.283. The van der Waals surface area contributed by atoms with Crippen LogP contribution in [0.25, 0.3) is 22.3 Å². The first-order valence-corrected chi connectivity index (χ1v) is 13.2. The third-order valence-corrected chi connectivity index (χ3v) is 7.86. The van der Waals surface area contributed by atoms with Gasteiger partial charge in [0.05, 0.1) is 11.7 Å². The molecule has 1 saturated heterocycles. The summed E-state index contributed by atoms with van der Waals surface area (Å²) in [5, 5.41) is 11.1. The Bertz CT molecular complexity index is 1470. The fraction of sp³-hybridized carbons (Fsp3) is 0.379. The van der Waals surface area contributed by atoms with Crippen LogP contribution in [0.4, 0.5) is 26.1 Å². The zero-order valence-corrected chi connectivity index (χ0v) is 21.6. The number of benzene rings is 1. The van der Waals surface area contributed by atoms with Crippen LogP contribution in [0, 0.1) is 17.0 Å². The van der Waals surface area contributed by atoms with Crippen molar-refractivity contribution in [1.29, 1.82) is 0 Å². The van der Waals surface area contributed by atoms with Crippen molar-refractivity contribution in [2.45, 2.75) is 51.5 Å². The van der Waals surface area contributed by atoms with E-state index in [1.807, 2.05) is 6.20 Å². The monoisotopic (exact) mass is 515 g/mol. The van der Waals surface area contributed by atoms with Gasteiger partial charge < -0.3 is 16.0 Å². The van der Waals surface area contributed by atoms with Crippen LogP contribution in [0.1, 0.15) is 51.0 Å². The number of anilines is 3. The molecular weight excluding hydrogens is 484 g/mol. The van der Waals surface area contributed by atoms with E-state index in [1.54, 1.807) is 24.5 Å². The maximum Gasteiger partial charge on any atom is 0.162 e. The van der Waals surface area contributed by atoms with Gasteiger partial charge in [0, 0.05) is 35.9 Å². The Morgan fingerprint density at radius 2 is 1.84 bits per heavy atom. The average molecular weight is 516 g/mol. The molecule has 1 aromatic carbocycles. The predicted octanol–water partition coefficient (Wildman–Crippen LogP) is 6.18. The molecular formula is C29H31F2N7. The van der Waals surface area contributed by atoms with Crippen molar-refractivity contribution >= 4 is 28.2 Å². The summed E-state index contributed by atoms with van der Waals surface area (Å²) in [5.41, 5.74) is 2.45. The Morgan fingerprint density at radius 3 is 2.58 bits per heavy atom. The maximum atomic E-state index is 14.2. The molecule has 9 heteroatoms. The van der Waals surface area contributed by atoms with E-state index in [2.05, 4.69) is 39.8 Å². The van der Waals surface area contributed by atoms with Gasteiger partial charge in [0.1, 0.15) is 29.0 Å². The highest BCUT2D eigenvalue weighted by Crippen LogP contribution is 2.42. The van der Waals surface area contributed by atoms with E-state index in [4.69, 9.17) is 9.97 Å². The minimum atomic E-state index is -0.690. The minimum absolute atomic E-state index is 0.0386. The zero-order chi connectivity index (χ0) is 26.3. The summed E-state index contributed by atoms with van der Waals surface area (Å²) in [6, 6.07) is 7.46. The second kappa shape index (κ2) is 9.87. The summed E-state index contributed by atoms with van der Waals surface area (Å²) < 4.78 is 28.5. The number of aromatic nitrogens is 4. The van der Waals surface area contributed by atoms with Gasteiger partial charge in [-0.15, -0.1) is 0 Å². The van der Waals surface area contributed by atoms with E-state index in [1.165, 1.54) is 30.2 Å². The predicted molar refractivity (Wildman–Crippen MR) is 145 cm³/mol. The molecule has 0 amide bonds. The van der Waals surface area contributed by atoms with Gasteiger partial charge in [-0.2, -0.15) is 0 Å². The molecule has 4 aromatic rings. The fourth-order valence-corrected chi connectivity index (χ4v) is 5.36. The van der Waals surface area contributed by atoms with E-state index < -0.39 is 11.6 Å². The summed E-state index contributed by atoms with van der Waals surface area (Å²) in [6.45, 7) is 6.39. The lowest BCUT2D eigenvalue weighted by atomic mass is 9.78. The normalized spacial score (nSPS) is 19.2. The number of nitrogens with one attached hydrogen (secondary N) is 3. The van der Waals surface area contributed by atoms with Crippen LogP contribution in [-0.2, 0) is 0 Å². The Balaban J connectivity index is 1.43. The van der Waals surface area contributed by atoms with Crippen LogP contribution < -0.4 is 16.0 Å². The zero-order valence-electron chi connectivity index (χ0n) is 21.6. The van der Waals surface area contributed by atoms with Crippen LogP contribution in [0.3, 0.4) is 0 Å². The summed E-state index contributed by atoms with van der Waals surface area (Å²) in [7, 11) is 0. The SMILES string of the molecule is CC1(C)CNCC[C@@H]1Nc1nc(-c2ccnc(Nc3c(F)cccc3F)c2)nc2cncc(C3CCC3)c12. The summed E-state index contributed by atoms with van der Waals surface area (Å²) in [4.78, 5) is 18.7. The third kappa shape index (κ3) is 4.67. The fourth-order valence-electron chi connectivity index (χ4n) is 5.36. The largest absolute Gasteiger partial charge is 0.366 e. The molecule has 0 unspecified atom stereocenters. The Kier molecular flexibility index (Phi) is 6.39. The van der Waals surface area contributed by atoms with E-state index in [-0.39, 0.29) is 17.1 Å². The lowest BCUT2D eigenvalue weighted by Crippen LogP contribution is -2.49. The van der Waals surface area contributed by atoms with E-state index in [9.17, 15) is 8.78 Å². The van der Waals surface area contributed by atoms with Crippen LogP contribution in [0.5, 0.6) is 0 Å². The van der Waals surface area contributed by atoms with Gasteiger partial charge in [0.25, 0.3) is 0 Å². The molecule has 6 rings (SSSR count). The Morgan fingerprint density at radius 1 is 1.03 bits per heavy atom. The first-order chi connectivity index (χ1) is 18.4. The highest BCUT2D eigenvalue weighted by molar-refractivity contribution is 5.93. The first-order valence-electron chi connectivity index (χ1n) is 13.2. The number of fused-ring (bicyclic) bond motifs is 1. The summed E-state index contributed by atoms with van der Waals surface area (Å²) >= 11 is 0. The molecule has 1 atom stereocenters. The number of hydrogen-bond acceptors (Lipinski definition) is 7. The molecule has 1 aliphatic heterocycles. The van der Waals surface area contributed by atoms with Crippen molar-refractivity contribution in [2.24, 2.45) is 5.41 Å². The molecule has 3 aromatic heterocycles. The maximum absolute atomic E-state index is 14.2. The molecule has 1 aliphatic carbocycles. The van der Waals surface area contributed by atoms with Crippen LogP contribution in [0.2, 0.25) is 0 Å². The smallest absolute Gasteiger partial charge is 0.162 e. The lowest BCUT2D eigenvalue weighted by molar-refractivity contribution is 0.236. The van der Waals surface area contributed by atoms with Gasteiger partial charge in [-0.05, 0) is 67.0 Å². The van der Waals surface area contributed by atoms with Gasteiger partial charge in [-0.1, -0.05) is 26.3 Å². The first kappa shape index (κ1) is 24.6. The molecule has 2 fully saturated rings. The molecule has 2 aliphatic rings. The van der Waals surface area contributed by atoms with E-state index in [0.717, 1.165) is 49.1 Å². The van der Waals surface area contributed by atoms with Gasteiger partial charge in [-0.3, -0.25) is 4.98 Å².